The average molecular weight is 400 g/mol. The number of hydrogen-bond acceptors (Lipinski definition) is 4. The molecule has 0 bridgehead atoms. The van der Waals surface area contributed by atoms with Crippen LogP contribution in [0.5, 0.6) is 11.5 Å². The maximum Gasteiger partial charge on any atom is 0.262 e. The minimum Gasteiger partial charge on any atom is -0.497 e. The van der Waals surface area contributed by atoms with E-state index in [1.165, 1.54) is 0 Å². The zero-order valence-electron chi connectivity index (χ0n) is 16.3. The largest absolute Gasteiger partial charge is 0.497 e. The lowest BCUT2D eigenvalue weighted by Crippen LogP contribution is -2.20. The van der Waals surface area contributed by atoms with E-state index >= 15 is 0 Å². The number of hydrogen-bond donors (Lipinski definition) is 2. The summed E-state index contributed by atoms with van der Waals surface area (Å²) >= 11 is 0. The fraction of sp³-hybridized carbons (Fsp3) is 0.0833. The maximum atomic E-state index is 12.4. The summed E-state index contributed by atoms with van der Waals surface area (Å²) in [6, 6.07) is 20.6. The van der Waals surface area contributed by atoms with Crippen molar-refractivity contribution in [2.24, 2.45) is 0 Å². The average Bonchev–Trinajstić information content (AvgIpc) is 2.78. The number of nitrogens with one attached hydrogen (secondary N) is 2. The quantitative estimate of drug-likeness (QED) is 0.589. The van der Waals surface area contributed by atoms with Crippen LogP contribution in [0.1, 0.15) is 15.9 Å². The fourth-order valence-electron chi connectivity index (χ4n) is 2.64. The fourth-order valence-corrected chi connectivity index (χ4v) is 2.64. The number of benzene rings is 3. The molecule has 0 saturated heterocycles. The monoisotopic (exact) mass is 400 g/mol. The summed E-state index contributed by atoms with van der Waals surface area (Å²) < 4.78 is 10.6. The Hall–Kier alpha value is -4.24. The number of carbonyl (C=O) groups excluding carboxylic acids is 2. The molecule has 6 nitrogen and oxygen atoms in total. The number of anilines is 2. The van der Waals surface area contributed by atoms with Gasteiger partial charge in [-0.2, -0.15) is 0 Å². The Balaban J connectivity index is 1.53. The van der Waals surface area contributed by atoms with Crippen LogP contribution in [0, 0.1) is 12.3 Å². The van der Waals surface area contributed by atoms with Gasteiger partial charge in [0.25, 0.3) is 11.8 Å². The third kappa shape index (κ3) is 5.63. The molecule has 3 aromatic rings. The van der Waals surface area contributed by atoms with Gasteiger partial charge in [0.2, 0.25) is 0 Å². The van der Waals surface area contributed by atoms with Crippen molar-refractivity contribution in [2.45, 2.75) is 0 Å². The van der Waals surface area contributed by atoms with E-state index in [-0.39, 0.29) is 18.4 Å². The van der Waals surface area contributed by atoms with Crippen LogP contribution in [0.4, 0.5) is 11.4 Å². The summed E-state index contributed by atoms with van der Waals surface area (Å²) in [6.07, 6.45) is 5.37. The predicted octanol–water partition coefficient (Wildman–Crippen LogP) is 3.95. The van der Waals surface area contributed by atoms with Crippen LogP contribution in [0.3, 0.4) is 0 Å². The Morgan fingerprint density at radius 1 is 0.900 bits per heavy atom. The van der Waals surface area contributed by atoms with Crippen molar-refractivity contribution < 1.29 is 19.1 Å². The summed E-state index contributed by atoms with van der Waals surface area (Å²) in [7, 11) is 1.56. The third-order valence-corrected chi connectivity index (χ3v) is 4.13. The molecule has 0 fully saturated rings. The molecule has 0 spiro atoms. The molecule has 2 amide bonds. The van der Waals surface area contributed by atoms with E-state index < -0.39 is 0 Å². The molecule has 0 heterocycles. The molecule has 30 heavy (non-hydrogen) atoms. The molecule has 0 atom stereocenters. The molecular formula is C24H20N2O4. The van der Waals surface area contributed by atoms with Crippen molar-refractivity contribution in [3.63, 3.8) is 0 Å². The highest BCUT2D eigenvalue weighted by molar-refractivity contribution is 6.04. The smallest absolute Gasteiger partial charge is 0.262 e. The minimum atomic E-state index is -0.307. The van der Waals surface area contributed by atoms with E-state index in [1.54, 1.807) is 79.9 Å². The molecule has 0 radical (unpaired) electrons. The van der Waals surface area contributed by atoms with Gasteiger partial charge in [-0.05, 0) is 54.6 Å². The number of amides is 2. The van der Waals surface area contributed by atoms with Crippen LogP contribution >= 0.6 is 0 Å². The molecule has 0 saturated carbocycles. The maximum absolute atomic E-state index is 12.4. The van der Waals surface area contributed by atoms with E-state index in [1.807, 2.05) is 0 Å². The van der Waals surface area contributed by atoms with Gasteiger partial charge in [0.15, 0.2) is 6.61 Å². The van der Waals surface area contributed by atoms with Gasteiger partial charge in [-0.3, -0.25) is 9.59 Å². The van der Waals surface area contributed by atoms with Gasteiger partial charge in [-0.1, -0.05) is 18.1 Å². The zero-order valence-corrected chi connectivity index (χ0v) is 16.3. The Morgan fingerprint density at radius 3 is 2.30 bits per heavy atom. The van der Waals surface area contributed by atoms with E-state index in [9.17, 15) is 9.59 Å². The van der Waals surface area contributed by atoms with E-state index in [4.69, 9.17) is 15.9 Å². The lowest BCUT2D eigenvalue weighted by Gasteiger charge is -2.09. The highest BCUT2D eigenvalue weighted by Crippen LogP contribution is 2.18. The van der Waals surface area contributed by atoms with Gasteiger partial charge in [0, 0.05) is 28.6 Å². The number of methoxy groups -OCH3 is 1. The van der Waals surface area contributed by atoms with Gasteiger partial charge in [0.05, 0.1) is 7.11 Å². The molecule has 3 rings (SSSR count). The van der Waals surface area contributed by atoms with Gasteiger partial charge < -0.3 is 20.1 Å². The predicted molar refractivity (Wildman–Crippen MR) is 116 cm³/mol. The number of carbonyl (C=O) groups is 2. The first-order chi connectivity index (χ1) is 14.6. The Bertz CT molecular complexity index is 1080. The highest BCUT2D eigenvalue weighted by atomic mass is 16.5. The van der Waals surface area contributed by atoms with Crippen LogP contribution in [0.15, 0.2) is 72.8 Å². The second kappa shape index (κ2) is 9.80. The summed E-state index contributed by atoms with van der Waals surface area (Å²) in [5.74, 6) is 3.07. The van der Waals surface area contributed by atoms with Crippen molar-refractivity contribution in [2.75, 3.05) is 24.4 Å². The van der Waals surface area contributed by atoms with Crippen molar-refractivity contribution in [1.82, 2.24) is 0 Å². The molecule has 0 aliphatic rings. The SMILES string of the molecule is C#Cc1cccc(NC(=O)c2ccc(OCC(=O)Nc3cccc(OC)c3)cc2)c1. The zero-order chi connectivity index (χ0) is 21.3. The second-order valence-electron chi connectivity index (χ2n) is 6.27. The topological polar surface area (TPSA) is 76.7 Å². The molecule has 2 N–H and O–H groups in total. The molecule has 0 aliphatic heterocycles. The van der Waals surface area contributed by atoms with Crippen molar-refractivity contribution in [3.05, 3.63) is 83.9 Å². The molecule has 0 aromatic heterocycles. The summed E-state index contributed by atoms with van der Waals surface area (Å²) in [5.41, 5.74) is 2.37. The standard InChI is InChI=1S/C24H20N2O4/c1-3-17-6-4-7-19(14-17)26-24(28)18-10-12-21(13-11-18)30-16-23(27)25-20-8-5-9-22(15-20)29-2/h1,4-15H,16H2,2H3,(H,25,27)(H,26,28). The molecule has 0 unspecified atom stereocenters. The van der Waals surface area contributed by atoms with Gasteiger partial charge in [0.1, 0.15) is 11.5 Å². The van der Waals surface area contributed by atoms with Gasteiger partial charge in [-0.15, -0.1) is 6.42 Å². The highest BCUT2D eigenvalue weighted by Gasteiger charge is 2.08. The molecule has 0 aliphatic carbocycles. The first-order valence-electron chi connectivity index (χ1n) is 9.12. The summed E-state index contributed by atoms with van der Waals surface area (Å²) in [4.78, 5) is 24.4. The van der Waals surface area contributed by atoms with Gasteiger partial charge in [-0.25, -0.2) is 0 Å². The minimum absolute atomic E-state index is 0.165. The van der Waals surface area contributed by atoms with E-state index in [2.05, 4.69) is 16.6 Å². The van der Waals surface area contributed by atoms with Crippen molar-refractivity contribution in [1.29, 1.82) is 0 Å². The van der Waals surface area contributed by atoms with Crippen LogP contribution < -0.4 is 20.1 Å². The normalized spacial score (nSPS) is 9.87. The van der Waals surface area contributed by atoms with E-state index in [0.717, 1.165) is 0 Å². The first-order valence-corrected chi connectivity index (χ1v) is 9.12. The van der Waals surface area contributed by atoms with Gasteiger partial charge >= 0.3 is 0 Å². The number of rotatable bonds is 7. The first kappa shape index (κ1) is 20.5. The van der Waals surface area contributed by atoms with Crippen LogP contribution in [-0.2, 0) is 4.79 Å². The Labute approximate surface area is 174 Å². The number of ether oxygens (including phenoxy) is 2. The van der Waals surface area contributed by atoms with Crippen LogP contribution in [-0.4, -0.2) is 25.5 Å². The molecular weight excluding hydrogens is 380 g/mol. The Morgan fingerprint density at radius 2 is 1.60 bits per heavy atom. The summed E-state index contributed by atoms with van der Waals surface area (Å²) in [6.45, 7) is -0.165. The van der Waals surface area contributed by atoms with Crippen LogP contribution in [0.2, 0.25) is 0 Å². The second-order valence-corrected chi connectivity index (χ2v) is 6.27. The lowest BCUT2D eigenvalue weighted by molar-refractivity contribution is -0.118. The lowest BCUT2D eigenvalue weighted by atomic mass is 10.1. The van der Waals surface area contributed by atoms with Crippen molar-refractivity contribution in [3.8, 4) is 23.8 Å². The third-order valence-electron chi connectivity index (χ3n) is 4.13. The molecule has 150 valence electrons. The molecule has 3 aromatic carbocycles. The van der Waals surface area contributed by atoms with Crippen molar-refractivity contribution >= 4 is 23.2 Å². The Kier molecular flexibility index (Phi) is 6.70. The summed E-state index contributed by atoms with van der Waals surface area (Å²) in [5, 5.41) is 5.52. The van der Waals surface area contributed by atoms with E-state index in [0.29, 0.717) is 34.0 Å². The molecule has 6 heteroatoms. The number of terminal acetylenes is 1. The van der Waals surface area contributed by atoms with Crippen LogP contribution in [0.25, 0.3) is 0 Å².